The van der Waals surface area contributed by atoms with Crippen LogP contribution in [0.3, 0.4) is 0 Å². The Kier molecular flexibility index (Phi) is 2.75. The van der Waals surface area contributed by atoms with Gasteiger partial charge in [-0.3, -0.25) is 0 Å². The molecule has 0 bridgehead atoms. The van der Waals surface area contributed by atoms with Crippen LogP contribution in [-0.4, -0.2) is 26.5 Å². The Morgan fingerprint density at radius 1 is 1.31 bits per heavy atom. The first kappa shape index (κ1) is 11.5. The fourth-order valence-corrected chi connectivity index (χ4v) is 4.05. The summed E-state index contributed by atoms with van der Waals surface area (Å²) >= 11 is 0. The highest BCUT2D eigenvalue weighted by Crippen LogP contribution is 2.51. The predicted molar refractivity (Wildman–Crippen MR) is 60.3 cm³/mol. The van der Waals surface area contributed by atoms with Crippen LogP contribution in [-0.2, 0) is 9.84 Å². The first-order valence-electron chi connectivity index (χ1n) is 5.09. The smallest absolute Gasteiger partial charge is 0.151 e. The summed E-state index contributed by atoms with van der Waals surface area (Å²) in [5.74, 6) is -0.411. The quantitative estimate of drug-likeness (QED) is 0.858. The zero-order valence-electron chi connectivity index (χ0n) is 8.93. The molecular weight excluding hydrogens is 229 g/mol. The SMILES string of the molecule is CS(=O)(=O)[C@@H]1[C@H](CN)[C@H]1c1ccc(F)cc1. The zero-order chi connectivity index (χ0) is 11.9. The van der Waals surface area contributed by atoms with Gasteiger partial charge >= 0.3 is 0 Å². The second-order valence-corrected chi connectivity index (χ2v) is 6.47. The maximum Gasteiger partial charge on any atom is 0.151 e. The average Bonchev–Trinajstić information content (AvgIpc) is 2.92. The number of halogens is 1. The molecular formula is C11H14FNO2S. The van der Waals surface area contributed by atoms with E-state index < -0.39 is 15.1 Å². The minimum atomic E-state index is -3.07. The first-order chi connectivity index (χ1) is 7.45. The van der Waals surface area contributed by atoms with Crippen LogP contribution in [0.4, 0.5) is 4.39 Å². The average molecular weight is 243 g/mol. The molecule has 0 spiro atoms. The van der Waals surface area contributed by atoms with Crippen molar-refractivity contribution < 1.29 is 12.8 Å². The molecule has 0 aliphatic heterocycles. The van der Waals surface area contributed by atoms with E-state index in [2.05, 4.69) is 0 Å². The van der Waals surface area contributed by atoms with Crippen molar-refractivity contribution in [3.8, 4) is 0 Å². The van der Waals surface area contributed by atoms with Gasteiger partial charge in [-0.15, -0.1) is 0 Å². The summed E-state index contributed by atoms with van der Waals surface area (Å²) in [4.78, 5) is 0. The van der Waals surface area contributed by atoms with Gasteiger partial charge in [0.1, 0.15) is 5.82 Å². The fourth-order valence-electron chi connectivity index (χ4n) is 2.33. The molecule has 1 saturated carbocycles. The van der Waals surface area contributed by atoms with Gasteiger partial charge in [-0.25, -0.2) is 12.8 Å². The van der Waals surface area contributed by atoms with Gasteiger partial charge in [0.25, 0.3) is 0 Å². The summed E-state index contributed by atoms with van der Waals surface area (Å²) in [6.45, 7) is 0.347. The molecule has 0 saturated heterocycles. The lowest BCUT2D eigenvalue weighted by atomic mass is 10.1. The van der Waals surface area contributed by atoms with E-state index in [1.54, 1.807) is 12.1 Å². The summed E-state index contributed by atoms with van der Waals surface area (Å²) in [6.07, 6.45) is 1.23. The molecule has 0 unspecified atom stereocenters. The third-order valence-corrected chi connectivity index (χ3v) is 4.75. The Balaban J connectivity index is 2.27. The normalized spacial score (nSPS) is 29.1. The van der Waals surface area contributed by atoms with Crippen LogP contribution in [0, 0.1) is 11.7 Å². The van der Waals surface area contributed by atoms with Gasteiger partial charge in [-0.1, -0.05) is 12.1 Å². The molecule has 1 aliphatic rings. The molecule has 0 amide bonds. The van der Waals surface area contributed by atoms with Crippen molar-refractivity contribution in [2.45, 2.75) is 11.2 Å². The fraction of sp³-hybridized carbons (Fsp3) is 0.455. The van der Waals surface area contributed by atoms with Crippen molar-refractivity contribution in [2.75, 3.05) is 12.8 Å². The standard InChI is InChI=1S/C11H14FNO2S/c1-16(14,15)11-9(6-13)10(11)7-2-4-8(12)5-3-7/h2-5,9-11H,6,13H2,1H3/t9-,10-,11-/m1/s1. The lowest BCUT2D eigenvalue weighted by Crippen LogP contribution is -2.11. The zero-order valence-corrected chi connectivity index (χ0v) is 9.75. The van der Waals surface area contributed by atoms with Crippen LogP contribution in [0.15, 0.2) is 24.3 Å². The van der Waals surface area contributed by atoms with Gasteiger partial charge < -0.3 is 5.73 Å². The number of benzene rings is 1. The molecule has 2 rings (SSSR count). The lowest BCUT2D eigenvalue weighted by Gasteiger charge is -1.98. The van der Waals surface area contributed by atoms with E-state index in [0.717, 1.165) is 5.56 Å². The first-order valence-corrected chi connectivity index (χ1v) is 7.05. The Morgan fingerprint density at radius 3 is 2.25 bits per heavy atom. The predicted octanol–water partition coefficient (Wildman–Crippen LogP) is 0.911. The van der Waals surface area contributed by atoms with Crippen molar-refractivity contribution in [1.29, 1.82) is 0 Å². The number of sulfone groups is 1. The Hall–Kier alpha value is -0.940. The van der Waals surface area contributed by atoms with Crippen molar-refractivity contribution in [1.82, 2.24) is 0 Å². The van der Waals surface area contributed by atoms with Crippen molar-refractivity contribution in [2.24, 2.45) is 11.7 Å². The van der Waals surface area contributed by atoms with Gasteiger partial charge in [0, 0.05) is 12.2 Å². The molecule has 1 aliphatic carbocycles. The van der Waals surface area contributed by atoms with Crippen LogP contribution >= 0.6 is 0 Å². The summed E-state index contributed by atoms with van der Waals surface area (Å²) in [7, 11) is -3.07. The second-order valence-electron chi connectivity index (χ2n) is 4.27. The van der Waals surface area contributed by atoms with Gasteiger partial charge in [0.15, 0.2) is 9.84 Å². The third-order valence-electron chi connectivity index (χ3n) is 3.12. The van der Waals surface area contributed by atoms with E-state index in [4.69, 9.17) is 5.73 Å². The lowest BCUT2D eigenvalue weighted by molar-refractivity contribution is 0.597. The van der Waals surface area contributed by atoms with Crippen LogP contribution in [0.25, 0.3) is 0 Å². The molecule has 0 radical (unpaired) electrons. The summed E-state index contributed by atoms with van der Waals surface area (Å²) in [6, 6.07) is 5.96. The summed E-state index contributed by atoms with van der Waals surface area (Å²) < 4.78 is 35.7. The largest absolute Gasteiger partial charge is 0.330 e. The molecule has 1 fully saturated rings. The molecule has 3 atom stereocenters. The van der Waals surface area contributed by atoms with E-state index >= 15 is 0 Å². The molecule has 2 N–H and O–H groups in total. The number of hydrogen-bond donors (Lipinski definition) is 1. The van der Waals surface area contributed by atoms with Gasteiger partial charge in [0.05, 0.1) is 5.25 Å². The molecule has 0 heterocycles. The second kappa shape index (κ2) is 3.82. The number of hydrogen-bond acceptors (Lipinski definition) is 3. The number of nitrogens with two attached hydrogens (primary N) is 1. The molecule has 3 nitrogen and oxygen atoms in total. The van der Waals surface area contributed by atoms with Gasteiger partial charge in [-0.2, -0.15) is 0 Å². The van der Waals surface area contributed by atoms with E-state index in [-0.39, 0.29) is 17.7 Å². The maximum absolute atomic E-state index is 12.7. The Bertz CT molecular complexity index is 483. The van der Waals surface area contributed by atoms with Crippen molar-refractivity contribution >= 4 is 9.84 Å². The van der Waals surface area contributed by atoms with Crippen LogP contribution in [0.5, 0.6) is 0 Å². The maximum atomic E-state index is 12.7. The topological polar surface area (TPSA) is 60.2 Å². The minimum Gasteiger partial charge on any atom is -0.330 e. The van der Waals surface area contributed by atoms with Gasteiger partial charge in [0.2, 0.25) is 0 Å². The molecule has 1 aromatic rings. The summed E-state index contributed by atoms with van der Waals surface area (Å²) in [5, 5.41) is -0.400. The summed E-state index contributed by atoms with van der Waals surface area (Å²) in [5.41, 5.74) is 6.39. The van der Waals surface area contributed by atoms with Crippen LogP contribution in [0.2, 0.25) is 0 Å². The van der Waals surface area contributed by atoms with Crippen LogP contribution < -0.4 is 5.73 Å². The van der Waals surface area contributed by atoms with Crippen molar-refractivity contribution in [3.63, 3.8) is 0 Å². The molecule has 5 heteroatoms. The highest BCUT2D eigenvalue weighted by Gasteiger charge is 2.55. The molecule has 88 valence electrons. The van der Waals surface area contributed by atoms with E-state index in [0.29, 0.717) is 6.54 Å². The third kappa shape index (κ3) is 1.97. The highest BCUT2D eigenvalue weighted by molar-refractivity contribution is 7.91. The van der Waals surface area contributed by atoms with Crippen LogP contribution in [0.1, 0.15) is 11.5 Å². The molecule has 16 heavy (non-hydrogen) atoms. The van der Waals surface area contributed by atoms with Crippen molar-refractivity contribution in [3.05, 3.63) is 35.6 Å². The number of rotatable bonds is 3. The molecule has 0 aromatic heterocycles. The Labute approximate surface area is 94.4 Å². The van der Waals surface area contributed by atoms with Gasteiger partial charge in [-0.05, 0) is 30.2 Å². The monoisotopic (exact) mass is 243 g/mol. The Morgan fingerprint density at radius 2 is 1.88 bits per heavy atom. The van der Waals surface area contributed by atoms with E-state index in [9.17, 15) is 12.8 Å². The molecule has 1 aromatic carbocycles. The van der Waals surface area contributed by atoms with E-state index in [1.165, 1.54) is 18.4 Å². The highest BCUT2D eigenvalue weighted by atomic mass is 32.2. The van der Waals surface area contributed by atoms with E-state index in [1.807, 2.05) is 0 Å². The minimum absolute atomic E-state index is 0.0274.